The molecule has 0 aliphatic rings. The van der Waals surface area contributed by atoms with Gasteiger partial charge in [0.05, 0.1) is 0 Å². The van der Waals surface area contributed by atoms with Gasteiger partial charge in [-0.2, -0.15) is 21.6 Å². The number of hydrogen-bond donors (Lipinski definition) is 1. The Morgan fingerprint density at radius 3 is 1.75 bits per heavy atom. The van der Waals surface area contributed by atoms with E-state index in [9.17, 15) is 21.6 Å². The highest BCUT2D eigenvalue weighted by molar-refractivity contribution is 7.88. The van der Waals surface area contributed by atoms with Gasteiger partial charge in [0.1, 0.15) is 0 Å². The maximum atomic E-state index is 11.9. The molecule has 0 radical (unpaired) electrons. The maximum absolute atomic E-state index is 11.9. The van der Waals surface area contributed by atoms with E-state index >= 15 is 0 Å². The molecular weight excluding hydrogens is 365 g/mol. The van der Waals surface area contributed by atoms with Crippen LogP contribution in [0.15, 0.2) is 29.2 Å². The van der Waals surface area contributed by atoms with E-state index in [0.29, 0.717) is 0 Å². The quantitative estimate of drug-likeness (QED) is 0.374. The van der Waals surface area contributed by atoms with Crippen LogP contribution in [0.4, 0.5) is 32.0 Å². The first-order chi connectivity index (χ1) is 6.74. The van der Waals surface area contributed by atoms with Crippen molar-refractivity contribution in [3.05, 3.63) is 24.3 Å². The van der Waals surface area contributed by atoms with Crippen LogP contribution in [0.1, 0.15) is 0 Å². The van der Waals surface area contributed by atoms with Gasteiger partial charge in [0, 0.05) is 4.90 Å². The summed E-state index contributed by atoms with van der Waals surface area (Å²) in [5, 5.41) is 0. The summed E-state index contributed by atoms with van der Waals surface area (Å²) in [4.78, 5) is 0.00493. The van der Waals surface area contributed by atoms with Crippen molar-refractivity contribution in [2.75, 3.05) is 0 Å². The van der Waals surface area contributed by atoms with Crippen molar-refractivity contribution >= 4 is 35.2 Å². The van der Waals surface area contributed by atoms with Crippen LogP contribution in [0.2, 0.25) is 0 Å². The third-order valence-corrected chi connectivity index (χ3v) is 2.68. The Morgan fingerprint density at radius 1 is 1.00 bits per heavy atom. The standard InChI is InChI=1S/C7H5F3O3S2.ClH.4FH/c8-7(9,10)15(11,12)13-5-3-1-2-4-6(5)14;;;;;/h1-4,14H;5*1H. The molecule has 0 unspecified atom stereocenters. The number of thiol groups is 1. The van der Waals surface area contributed by atoms with E-state index in [-0.39, 0.29) is 36.1 Å². The molecule has 0 heterocycles. The summed E-state index contributed by atoms with van der Waals surface area (Å²) in [5.41, 5.74) is -5.44. The van der Waals surface area contributed by atoms with Gasteiger partial charge in [-0.3, -0.25) is 18.8 Å². The molecule has 20 heavy (non-hydrogen) atoms. The molecule has 0 aliphatic heterocycles. The lowest BCUT2D eigenvalue weighted by atomic mass is 10.3. The summed E-state index contributed by atoms with van der Waals surface area (Å²) in [5.74, 6) is -0.460. The fourth-order valence-electron chi connectivity index (χ4n) is 0.693. The van der Waals surface area contributed by atoms with Crippen molar-refractivity contribution in [2.24, 2.45) is 0 Å². The van der Waals surface area contributed by atoms with Crippen LogP contribution >= 0.6 is 25.0 Å². The molecule has 1 aromatic carbocycles. The number of benzene rings is 1. The number of para-hydroxylation sites is 1. The van der Waals surface area contributed by atoms with Crippen LogP contribution < -0.4 is 4.18 Å². The second-order valence-corrected chi connectivity index (χ2v) is 4.47. The third-order valence-electron chi connectivity index (χ3n) is 1.35. The molecule has 0 aromatic heterocycles. The number of alkyl halides is 3. The minimum absolute atomic E-state index is 0. The molecule has 0 N–H and O–H groups in total. The predicted molar refractivity (Wildman–Crippen MR) is 66.6 cm³/mol. The first kappa shape index (κ1) is 31.5. The maximum Gasteiger partial charge on any atom is 0.534 e. The minimum Gasteiger partial charge on any atom is -0.375 e. The molecule has 0 bridgehead atoms. The Labute approximate surface area is 120 Å². The zero-order chi connectivity index (χ0) is 11.7. The molecule has 0 atom stereocenters. The van der Waals surface area contributed by atoms with Crippen LogP contribution in [0.25, 0.3) is 0 Å². The smallest absolute Gasteiger partial charge is 0.375 e. The second kappa shape index (κ2) is 10.9. The Kier molecular flexibility index (Phi) is 17.1. The minimum atomic E-state index is -5.62. The van der Waals surface area contributed by atoms with Gasteiger partial charge in [-0.1, -0.05) is 12.1 Å². The van der Waals surface area contributed by atoms with Gasteiger partial charge in [-0.15, -0.1) is 25.0 Å². The van der Waals surface area contributed by atoms with Gasteiger partial charge in [-0.05, 0) is 12.1 Å². The third kappa shape index (κ3) is 7.65. The highest BCUT2D eigenvalue weighted by Crippen LogP contribution is 2.29. The van der Waals surface area contributed by atoms with Crippen molar-refractivity contribution in [3.8, 4) is 5.75 Å². The van der Waals surface area contributed by atoms with E-state index in [1.165, 1.54) is 18.2 Å². The predicted octanol–water partition coefficient (Wildman–Crippen LogP) is 3.24. The van der Waals surface area contributed by atoms with Crippen molar-refractivity contribution in [2.45, 2.75) is 10.4 Å². The van der Waals surface area contributed by atoms with E-state index in [0.717, 1.165) is 6.07 Å². The molecule has 1 aromatic rings. The van der Waals surface area contributed by atoms with Crippen molar-refractivity contribution in [1.29, 1.82) is 0 Å². The second-order valence-electron chi connectivity index (χ2n) is 2.45. The Bertz CT molecular complexity index is 466. The molecule has 0 saturated carbocycles. The van der Waals surface area contributed by atoms with E-state index in [4.69, 9.17) is 0 Å². The van der Waals surface area contributed by atoms with Crippen LogP contribution in [-0.2, 0) is 10.1 Å². The van der Waals surface area contributed by atoms with Crippen molar-refractivity contribution in [1.82, 2.24) is 0 Å². The largest absolute Gasteiger partial charge is 0.534 e. The first-order valence-corrected chi connectivity index (χ1v) is 5.38. The Balaban J connectivity index is -0.000000150. The molecule has 13 heteroatoms. The molecule has 0 saturated heterocycles. The van der Waals surface area contributed by atoms with Crippen molar-refractivity contribution in [3.63, 3.8) is 0 Å². The average molecular weight is 375 g/mol. The highest BCUT2D eigenvalue weighted by Gasteiger charge is 2.48. The SMILES string of the molecule is Cl.F.F.F.F.O=S(=O)(Oc1ccccc1S)C(F)(F)F. The summed E-state index contributed by atoms with van der Waals surface area (Å²) in [7, 11) is -5.62. The van der Waals surface area contributed by atoms with Crippen LogP contribution in [0.3, 0.4) is 0 Å². The summed E-state index contributed by atoms with van der Waals surface area (Å²) in [6, 6.07) is 5.20. The van der Waals surface area contributed by atoms with Gasteiger partial charge in [0.25, 0.3) is 0 Å². The number of rotatable bonds is 2. The summed E-state index contributed by atoms with van der Waals surface area (Å²) in [6.45, 7) is 0. The normalized spacial score (nSPS) is 9.40. The van der Waals surface area contributed by atoms with E-state index < -0.39 is 21.4 Å². The fraction of sp³-hybridized carbons (Fsp3) is 0.143. The zero-order valence-electron chi connectivity index (χ0n) is 9.06. The Morgan fingerprint density at radius 2 is 1.40 bits per heavy atom. The molecule has 0 fully saturated rings. The topological polar surface area (TPSA) is 43.4 Å². The summed E-state index contributed by atoms with van der Waals surface area (Å²) in [6.07, 6.45) is 0. The molecule has 0 spiro atoms. The summed E-state index contributed by atoms with van der Waals surface area (Å²) < 4.78 is 60.8. The van der Waals surface area contributed by atoms with Crippen LogP contribution in [0.5, 0.6) is 5.75 Å². The summed E-state index contributed by atoms with van der Waals surface area (Å²) >= 11 is 3.75. The molecule has 0 amide bonds. The van der Waals surface area contributed by atoms with Gasteiger partial charge in [-0.25, -0.2) is 0 Å². The lowest BCUT2D eigenvalue weighted by Crippen LogP contribution is -2.28. The number of halogens is 8. The first-order valence-electron chi connectivity index (χ1n) is 3.53. The average Bonchev–Trinajstić information content (AvgIpc) is 2.06. The monoisotopic (exact) mass is 374 g/mol. The zero-order valence-corrected chi connectivity index (χ0v) is 11.6. The molecule has 124 valence electrons. The van der Waals surface area contributed by atoms with Gasteiger partial charge < -0.3 is 4.18 Å². The van der Waals surface area contributed by atoms with Crippen LogP contribution in [-0.4, -0.2) is 13.9 Å². The van der Waals surface area contributed by atoms with Crippen LogP contribution in [0, 0.1) is 0 Å². The lowest BCUT2D eigenvalue weighted by molar-refractivity contribution is -0.0500. The Hall–Kier alpha value is -0.880. The van der Waals surface area contributed by atoms with Gasteiger partial charge >= 0.3 is 15.6 Å². The molecule has 0 aliphatic carbocycles. The highest BCUT2D eigenvalue weighted by atomic mass is 35.5. The fourth-order valence-corrected chi connectivity index (χ4v) is 1.44. The van der Waals surface area contributed by atoms with Gasteiger partial charge in [0.15, 0.2) is 5.75 Å². The van der Waals surface area contributed by atoms with E-state index in [2.05, 4.69) is 16.8 Å². The number of hydrogen-bond acceptors (Lipinski definition) is 4. The lowest BCUT2D eigenvalue weighted by Gasteiger charge is -2.10. The van der Waals surface area contributed by atoms with E-state index in [1.54, 1.807) is 0 Å². The molecule has 3 nitrogen and oxygen atoms in total. The molecule has 1 rings (SSSR count). The van der Waals surface area contributed by atoms with Crippen molar-refractivity contribution < 1.29 is 44.6 Å². The molecular formula is C7H10ClF7O3S2. The van der Waals surface area contributed by atoms with Gasteiger partial charge in [0.2, 0.25) is 0 Å². The van der Waals surface area contributed by atoms with E-state index in [1.807, 2.05) is 0 Å².